The third-order valence-electron chi connectivity index (χ3n) is 3.38. The summed E-state index contributed by atoms with van der Waals surface area (Å²) >= 11 is 0. The molecule has 84 valence electrons. The van der Waals surface area contributed by atoms with Gasteiger partial charge >= 0.3 is 0 Å². The predicted molar refractivity (Wildman–Crippen MR) is 62.6 cm³/mol. The van der Waals surface area contributed by atoms with Crippen LogP contribution in [0.4, 0.5) is 0 Å². The summed E-state index contributed by atoms with van der Waals surface area (Å²) in [6, 6.07) is 0. The molecule has 1 heterocycles. The minimum atomic E-state index is 0.958. The molecule has 0 amide bonds. The van der Waals surface area contributed by atoms with E-state index in [2.05, 4.69) is 24.1 Å². The second-order valence-corrected chi connectivity index (χ2v) is 4.38. The zero-order chi connectivity index (χ0) is 10.2. The molecular formula is C12H26N2. The maximum Gasteiger partial charge on any atom is -0.00189 e. The molecule has 0 aromatic carbocycles. The fraction of sp³-hybridized carbons (Fsp3) is 1.00. The number of hydrogen-bond donors (Lipinski definition) is 1. The van der Waals surface area contributed by atoms with Crippen LogP contribution in [0.1, 0.15) is 39.5 Å². The Hall–Kier alpha value is -0.0800. The van der Waals surface area contributed by atoms with Crippen molar-refractivity contribution < 1.29 is 0 Å². The summed E-state index contributed by atoms with van der Waals surface area (Å²) in [5.74, 6) is 0.958. The first-order valence-corrected chi connectivity index (χ1v) is 6.29. The molecule has 1 aliphatic rings. The summed E-state index contributed by atoms with van der Waals surface area (Å²) in [5.41, 5.74) is 0. The monoisotopic (exact) mass is 198 g/mol. The second-order valence-electron chi connectivity index (χ2n) is 4.38. The Bertz CT molecular complexity index is 126. The third-order valence-corrected chi connectivity index (χ3v) is 3.38. The van der Waals surface area contributed by atoms with Crippen LogP contribution in [0.2, 0.25) is 0 Å². The van der Waals surface area contributed by atoms with Crippen LogP contribution in [0.5, 0.6) is 0 Å². The van der Waals surface area contributed by atoms with Gasteiger partial charge in [-0.2, -0.15) is 0 Å². The van der Waals surface area contributed by atoms with Crippen LogP contribution in [0.15, 0.2) is 0 Å². The topological polar surface area (TPSA) is 15.3 Å². The number of piperidine rings is 1. The van der Waals surface area contributed by atoms with Gasteiger partial charge in [0.15, 0.2) is 0 Å². The molecule has 0 spiro atoms. The number of nitrogens with one attached hydrogen (secondary N) is 1. The summed E-state index contributed by atoms with van der Waals surface area (Å²) in [6.07, 6.45) is 5.64. The first-order chi connectivity index (χ1) is 6.86. The first kappa shape index (κ1) is 12.0. The van der Waals surface area contributed by atoms with Crippen LogP contribution in [0.3, 0.4) is 0 Å². The zero-order valence-corrected chi connectivity index (χ0v) is 9.89. The summed E-state index contributed by atoms with van der Waals surface area (Å²) in [5, 5.41) is 3.49. The molecule has 0 saturated carbocycles. The van der Waals surface area contributed by atoms with Crippen molar-refractivity contribution in [1.82, 2.24) is 10.2 Å². The molecule has 0 aromatic heterocycles. The lowest BCUT2D eigenvalue weighted by Crippen LogP contribution is -2.30. The van der Waals surface area contributed by atoms with E-state index >= 15 is 0 Å². The van der Waals surface area contributed by atoms with Gasteiger partial charge in [-0.15, -0.1) is 0 Å². The highest BCUT2D eigenvalue weighted by atomic mass is 15.1. The average Bonchev–Trinajstić information content (AvgIpc) is 2.26. The van der Waals surface area contributed by atoms with Crippen LogP contribution in [0.25, 0.3) is 0 Å². The van der Waals surface area contributed by atoms with Crippen molar-refractivity contribution >= 4 is 0 Å². The van der Waals surface area contributed by atoms with E-state index in [9.17, 15) is 0 Å². The van der Waals surface area contributed by atoms with Gasteiger partial charge in [0.1, 0.15) is 0 Å². The average molecular weight is 198 g/mol. The lowest BCUT2D eigenvalue weighted by Gasteiger charge is -2.24. The van der Waals surface area contributed by atoms with E-state index in [4.69, 9.17) is 0 Å². The van der Waals surface area contributed by atoms with E-state index in [-0.39, 0.29) is 0 Å². The van der Waals surface area contributed by atoms with Gasteiger partial charge in [-0.3, -0.25) is 0 Å². The van der Waals surface area contributed by atoms with E-state index in [0.717, 1.165) is 5.92 Å². The molecule has 1 N–H and O–H groups in total. The van der Waals surface area contributed by atoms with Crippen LogP contribution in [-0.2, 0) is 0 Å². The Balaban J connectivity index is 2.01. The van der Waals surface area contributed by atoms with Crippen molar-refractivity contribution in [2.24, 2.45) is 5.92 Å². The third kappa shape index (κ3) is 4.43. The first-order valence-electron chi connectivity index (χ1n) is 6.29. The fourth-order valence-corrected chi connectivity index (χ4v) is 2.31. The summed E-state index contributed by atoms with van der Waals surface area (Å²) < 4.78 is 0. The summed E-state index contributed by atoms with van der Waals surface area (Å²) in [4.78, 5) is 2.52. The maximum atomic E-state index is 3.49. The molecule has 2 nitrogen and oxygen atoms in total. The van der Waals surface area contributed by atoms with Gasteiger partial charge in [0.25, 0.3) is 0 Å². The van der Waals surface area contributed by atoms with Crippen LogP contribution < -0.4 is 5.32 Å². The number of rotatable bonds is 6. The lowest BCUT2D eigenvalue weighted by atomic mass is 9.95. The highest BCUT2D eigenvalue weighted by Gasteiger charge is 2.12. The van der Waals surface area contributed by atoms with Gasteiger partial charge in [-0.05, 0) is 64.3 Å². The standard InChI is InChI=1S/C12H26N2/c1-3-14(4-2)10-6-8-12-7-5-9-13-11-12/h12-13H,3-11H2,1-2H3. The zero-order valence-electron chi connectivity index (χ0n) is 9.89. The minimum Gasteiger partial charge on any atom is -0.316 e. The van der Waals surface area contributed by atoms with Crippen LogP contribution in [0, 0.1) is 5.92 Å². The van der Waals surface area contributed by atoms with Crippen molar-refractivity contribution in [2.45, 2.75) is 39.5 Å². The van der Waals surface area contributed by atoms with Crippen molar-refractivity contribution in [3.05, 3.63) is 0 Å². The van der Waals surface area contributed by atoms with Crippen molar-refractivity contribution in [2.75, 3.05) is 32.7 Å². The molecule has 0 aromatic rings. The van der Waals surface area contributed by atoms with E-state index in [1.165, 1.54) is 58.4 Å². The highest BCUT2D eigenvalue weighted by Crippen LogP contribution is 2.15. The number of nitrogens with zero attached hydrogens (tertiary/aromatic N) is 1. The molecule has 14 heavy (non-hydrogen) atoms. The molecule has 0 bridgehead atoms. The van der Waals surface area contributed by atoms with E-state index in [1.54, 1.807) is 0 Å². The van der Waals surface area contributed by atoms with Gasteiger partial charge < -0.3 is 10.2 Å². The highest BCUT2D eigenvalue weighted by molar-refractivity contribution is 4.69. The summed E-state index contributed by atoms with van der Waals surface area (Å²) in [6.45, 7) is 10.7. The van der Waals surface area contributed by atoms with E-state index in [1.807, 2.05) is 0 Å². The molecule has 1 aliphatic heterocycles. The Kier molecular flexibility index (Phi) is 6.20. The Morgan fingerprint density at radius 3 is 2.64 bits per heavy atom. The van der Waals surface area contributed by atoms with Crippen LogP contribution >= 0.6 is 0 Å². The molecular weight excluding hydrogens is 172 g/mol. The Morgan fingerprint density at radius 2 is 2.07 bits per heavy atom. The normalized spacial score (nSPS) is 22.9. The quantitative estimate of drug-likeness (QED) is 0.703. The number of hydrogen-bond acceptors (Lipinski definition) is 2. The SMILES string of the molecule is CCN(CC)CCCC1CCCNC1. The molecule has 1 saturated heterocycles. The van der Waals surface area contributed by atoms with Crippen molar-refractivity contribution in [3.8, 4) is 0 Å². The molecule has 0 aliphatic carbocycles. The van der Waals surface area contributed by atoms with Crippen molar-refractivity contribution in [1.29, 1.82) is 0 Å². The maximum absolute atomic E-state index is 3.49. The summed E-state index contributed by atoms with van der Waals surface area (Å²) in [7, 11) is 0. The van der Waals surface area contributed by atoms with E-state index in [0.29, 0.717) is 0 Å². The van der Waals surface area contributed by atoms with Crippen LogP contribution in [-0.4, -0.2) is 37.6 Å². The van der Waals surface area contributed by atoms with Gasteiger partial charge in [0.05, 0.1) is 0 Å². The molecule has 1 atom stereocenters. The van der Waals surface area contributed by atoms with Gasteiger partial charge in [-0.25, -0.2) is 0 Å². The van der Waals surface area contributed by atoms with Gasteiger partial charge in [0.2, 0.25) is 0 Å². The smallest absolute Gasteiger partial charge is 0.00189 e. The largest absolute Gasteiger partial charge is 0.316 e. The molecule has 1 unspecified atom stereocenters. The van der Waals surface area contributed by atoms with Gasteiger partial charge in [0, 0.05) is 0 Å². The van der Waals surface area contributed by atoms with Crippen molar-refractivity contribution in [3.63, 3.8) is 0 Å². The van der Waals surface area contributed by atoms with Gasteiger partial charge in [-0.1, -0.05) is 13.8 Å². The predicted octanol–water partition coefficient (Wildman–Crippen LogP) is 2.11. The molecule has 1 rings (SSSR count). The second kappa shape index (κ2) is 7.24. The van der Waals surface area contributed by atoms with E-state index < -0.39 is 0 Å². The molecule has 2 heteroatoms. The molecule has 0 radical (unpaired) electrons. The fourth-order valence-electron chi connectivity index (χ4n) is 2.31. The molecule has 1 fully saturated rings. The lowest BCUT2D eigenvalue weighted by molar-refractivity contribution is 0.273. The Labute approximate surface area is 89.1 Å². The minimum absolute atomic E-state index is 0.958. The Morgan fingerprint density at radius 1 is 1.29 bits per heavy atom.